The summed E-state index contributed by atoms with van der Waals surface area (Å²) < 4.78 is 0. The van der Waals surface area contributed by atoms with Crippen LogP contribution < -0.4 is 0 Å². The van der Waals surface area contributed by atoms with Gasteiger partial charge in [0, 0.05) is 32.7 Å². The molecule has 0 unspecified atom stereocenters. The molecule has 1 N–H and O–H groups in total. The minimum atomic E-state index is -0.441. The topological polar surface area (TPSA) is 60.9 Å². The highest BCUT2D eigenvalue weighted by atomic mass is 16.3. The zero-order valence-electron chi connectivity index (χ0n) is 14.2. The number of aliphatic hydroxyl groups is 1. The summed E-state index contributed by atoms with van der Waals surface area (Å²) in [6.45, 7) is 3.45. The second-order valence-electron chi connectivity index (χ2n) is 6.04. The van der Waals surface area contributed by atoms with Gasteiger partial charge in [-0.2, -0.15) is 0 Å². The van der Waals surface area contributed by atoms with Crippen LogP contribution >= 0.6 is 0 Å². The minimum absolute atomic E-state index is 0.0448. The van der Waals surface area contributed by atoms with E-state index < -0.39 is 6.04 Å². The first-order valence-corrected chi connectivity index (χ1v) is 8.54. The number of nitrogens with zero attached hydrogens (tertiary/aromatic N) is 2. The third-order valence-electron chi connectivity index (χ3n) is 4.27. The number of amides is 2. The molecular weight excluding hydrogens is 304 g/mol. The number of hydrogen-bond acceptors (Lipinski definition) is 3. The third kappa shape index (κ3) is 4.93. The molecule has 1 atom stereocenters. The summed E-state index contributed by atoms with van der Waals surface area (Å²) in [7, 11) is 0. The molecule has 0 aliphatic carbocycles. The van der Waals surface area contributed by atoms with Gasteiger partial charge < -0.3 is 14.9 Å². The van der Waals surface area contributed by atoms with E-state index in [2.05, 4.69) is 0 Å². The van der Waals surface area contributed by atoms with Gasteiger partial charge in [-0.1, -0.05) is 42.5 Å². The van der Waals surface area contributed by atoms with E-state index in [-0.39, 0.29) is 18.4 Å². The smallest absolute Gasteiger partial charge is 0.245 e. The van der Waals surface area contributed by atoms with Crippen molar-refractivity contribution in [2.45, 2.75) is 32.2 Å². The molecule has 5 heteroatoms. The minimum Gasteiger partial charge on any atom is -0.396 e. The Morgan fingerprint density at radius 1 is 1.38 bits per heavy atom. The second-order valence-corrected chi connectivity index (χ2v) is 6.04. The van der Waals surface area contributed by atoms with Crippen LogP contribution in [0.4, 0.5) is 0 Å². The summed E-state index contributed by atoms with van der Waals surface area (Å²) in [5.74, 6) is -0.00537. The van der Waals surface area contributed by atoms with Crippen molar-refractivity contribution in [1.82, 2.24) is 9.80 Å². The molecule has 0 saturated carbocycles. The summed E-state index contributed by atoms with van der Waals surface area (Å²) in [4.78, 5) is 28.0. The van der Waals surface area contributed by atoms with Gasteiger partial charge in [-0.25, -0.2) is 0 Å². The Bertz CT molecular complexity index is 571. The maximum absolute atomic E-state index is 12.7. The molecule has 0 radical (unpaired) electrons. The average molecular weight is 330 g/mol. The number of carbonyl (C=O) groups excluding carboxylic acids is 2. The molecule has 24 heavy (non-hydrogen) atoms. The first-order chi connectivity index (χ1) is 11.6. The van der Waals surface area contributed by atoms with Crippen LogP contribution in [-0.2, 0) is 9.59 Å². The highest BCUT2D eigenvalue weighted by molar-refractivity contribution is 5.88. The van der Waals surface area contributed by atoms with Crippen LogP contribution in [0.15, 0.2) is 36.4 Å². The van der Waals surface area contributed by atoms with Crippen LogP contribution in [0.2, 0.25) is 0 Å². The Hall–Kier alpha value is -2.14. The molecule has 2 amide bonds. The highest BCUT2D eigenvalue weighted by Crippen LogP contribution is 2.15. The monoisotopic (exact) mass is 330 g/mol. The van der Waals surface area contributed by atoms with Gasteiger partial charge in [0.1, 0.15) is 6.04 Å². The maximum Gasteiger partial charge on any atom is 0.245 e. The van der Waals surface area contributed by atoms with Crippen LogP contribution in [0.5, 0.6) is 0 Å². The van der Waals surface area contributed by atoms with Crippen LogP contribution in [0.3, 0.4) is 0 Å². The predicted molar refractivity (Wildman–Crippen MR) is 94.2 cm³/mol. The van der Waals surface area contributed by atoms with Gasteiger partial charge in [0.15, 0.2) is 0 Å². The molecule has 1 fully saturated rings. The van der Waals surface area contributed by atoms with E-state index in [4.69, 9.17) is 5.11 Å². The Morgan fingerprint density at radius 2 is 2.12 bits per heavy atom. The van der Waals surface area contributed by atoms with Gasteiger partial charge in [-0.05, 0) is 25.3 Å². The number of rotatable bonds is 8. The zero-order chi connectivity index (χ0) is 17.4. The lowest BCUT2D eigenvalue weighted by molar-refractivity contribution is -0.142. The van der Waals surface area contributed by atoms with E-state index in [1.54, 1.807) is 16.7 Å². The molecule has 5 nitrogen and oxygen atoms in total. The van der Waals surface area contributed by atoms with Crippen LogP contribution in [0.1, 0.15) is 31.7 Å². The number of hydrogen-bond donors (Lipinski definition) is 1. The molecule has 0 spiro atoms. The van der Waals surface area contributed by atoms with Gasteiger partial charge in [0.25, 0.3) is 0 Å². The van der Waals surface area contributed by atoms with Gasteiger partial charge in [-0.15, -0.1) is 0 Å². The molecule has 1 aromatic rings. The highest BCUT2D eigenvalue weighted by Gasteiger charge is 2.31. The lowest BCUT2D eigenvalue weighted by Crippen LogP contribution is -2.48. The molecule has 130 valence electrons. The fourth-order valence-electron chi connectivity index (χ4n) is 2.91. The fourth-order valence-corrected chi connectivity index (χ4v) is 2.91. The van der Waals surface area contributed by atoms with E-state index in [9.17, 15) is 9.59 Å². The Kier molecular flexibility index (Phi) is 7.00. The number of carbonyl (C=O) groups is 2. The van der Waals surface area contributed by atoms with E-state index in [1.807, 2.05) is 42.5 Å². The number of benzene rings is 1. The van der Waals surface area contributed by atoms with Crippen LogP contribution in [-0.4, -0.2) is 59.0 Å². The maximum atomic E-state index is 12.7. The van der Waals surface area contributed by atoms with Crippen molar-refractivity contribution in [3.8, 4) is 0 Å². The summed E-state index contributed by atoms with van der Waals surface area (Å²) >= 11 is 0. The van der Waals surface area contributed by atoms with E-state index >= 15 is 0 Å². The van der Waals surface area contributed by atoms with Gasteiger partial charge in [0.2, 0.25) is 11.8 Å². The van der Waals surface area contributed by atoms with Crippen molar-refractivity contribution in [2.75, 3.05) is 26.2 Å². The molecule has 1 aliphatic rings. The summed E-state index contributed by atoms with van der Waals surface area (Å²) in [5.41, 5.74) is 1.08. The summed E-state index contributed by atoms with van der Waals surface area (Å²) in [5, 5.41) is 9.07. The second kappa shape index (κ2) is 9.23. The largest absolute Gasteiger partial charge is 0.396 e. The van der Waals surface area contributed by atoms with Crippen LogP contribution in [0, 0.1) is 0 Å². The van der Waals surface area contributed by atoms with Crippen molar-refractivity contribution in [2.24, 2.45) is 0 Å². The first-order valence-electron chi connectivity index (χ1n) is 8.54. The fraction of sp³-hybridized carbons (Fsp3) is 0.474. The third-order valence-corrected chi connectivity index (χ3v) is 4.27. The van der Waals surface area contributed by atoms with E-state index in [1.165, 1.54) is 0 Å². The summed E-state index contributed by atoms with van der Waals surface area (Å²) in [6, 6.07) is 9.46. The molecule has 1 saturated heterocycles. The Labute approximate surface area is 143 Å². The van der Waals surface area contributed by atoms with Crippen LogP contribution in [0.25, 0.3) is 6.08 Å². The molecule has 2 rings (SSSR count). The molecule has 0 bridgehead atoms. The number of aliphatic hydroxyl groups excluding tert-OH is 1. The first kappa shape index (κ1) is 18.2. The predicted octanol–water partition coefficient (Wildman–Crippen LogP) is 1.92. The zero-order valence-corrected chi connectivity index (χ0v) is 14.2. The SMILES string of the molecule is C[C@@H](C(=O)N(C/C=C/c1ccccc1)CCCO)N1CCCC1=O. The van der Waals surface area contributed by atoms with Crippen molar-refractivity contribution >= 4 is 17.9 Å². The van der Waals surface area contributed by atoms with Crippen molar-refractivity contribution in [3.05, 3.63) is 42.0 Å². The van der Waals surface area contributed by atoms with E-state index in [0.717, 1.165) is 12.0 Å². The lowest BCUT2D eigenvalue weighted by Gasteiger charge is -2.29. The standard InChI is InChI=1S/C19H26N2O3/c1-16(21-14-6-11-18(21)23)19(24)20(13-7-15-22)12-5-10-17-8-3-2-4-9-17/h2-5,8-10,16,22H,6-7,11-15H2,1H3/b10-5+/t16-/m0/s1. The summed E-state index contributed by atoms with van der Waals surface area (Å²) in [6.07, 6.45) is 5.81. The lowest BCUT2D eigenvalue weighted by atomic mass is 10.2. The number of likely N-dealkylation sites (tertiary alicyclic amines) is 1. The van der Waals surface area contributed by atoms with Crippen molar-refractivity contribution < 1.29 is 14.7 Å². The average Bonchev–Trinajstić information content (AvgIpc) is 3.03. The molecular formula is C19H26N2O3. The van der Waals surface area contributed by atoms with Crippen molar-refractivity contribution in [1.29, 1.82) is 0 Å². The van der Waals surface area contributed by atoms with Crippen molar-refractivity contribution in [3.63, 3.8) is 0 Å². The normalized spacial score (nSPS) is 15.9. The molecule has 1 aliphatic heterocycles. The Balaban J connectivity index is 1.99. The molecule has 0 aromatic heterocycles. The van der Waals surface area contributed by atoms with E-state index in [0.29, 0.717) is 32.5 Å². The molecule has 1 aromatic carbocycles. The quantitative estimate of drug-likeness (QED) is 0.792. The Morgan fingerprint density at radius 3 is 2.75 bits per heavy atom. The van der Waals surface area contributed by atoms with Gasteiger partial charge >= 0.3 is 0 Å². The van der Waals surface area contributed by atoms with Gasteiger partial charge in [0.05, 0.1) is 0 Å². The van der Waals surface area contributed by atoms with Gasteiger partial charge in [-0.3, -0.25) is 9.59 Å². The molecule has 1 heterocycles.